The van der Waals surface area contributed by atoms with Gasteiger partial charge in [-0.25, -0.2) is 0 Å². The summed E-state index contributed by atoms with van der Waals surface area (Å²) in [4.78, 5) is 0. The second-order valence-corrected chi connectivity index (χ2v) is 5.09. The molecule has 1 aliphatic carbocycles. The van der Waals surface area contributed by atoms with Gasteiger partial charge in [-0.15, -0.1) is 0 Å². The third kappa shape index (κ3) is 2.67. The lowest BCUT2D eigenvalue weighted by molar-refractivity contribution is 0.986. The molecule has 0 N–H and O–H groups in total. The van der Waals surface area contributed by atoms with Crippen LogP contribution in [0.3, 0.4) is 0 Å². The van der Waals surface area contributed by atoms with Crippen molar-refractivity contribution in [1.82, 2.24) is 0 Å². The zero-order chi connectivity index (χ0) is 12.3. The van der Waals surface area contributed by atoms with Gasteiger partial charge in [0.25, 0.3) is 0 Å². The molecule has 0 saturated carbocycles. The fraction of sp³-hybridized carbons (Fsp3) is 0.125. The van der Waals surface area contributed by atoms with E-state index in [1.165, 1.54) is 15.6 Å². The van der Waals surface area contributed by atoms with E-state index in [0.29, 0.717) is 0 Å². The maximum Gasteiger partial charge on any atom is -0.00460 e. The van der Waals surface area contributed by atoms with Crippen molar-refractivity contribution in [3.8, 4) is 0 Å². The number of hydrogen-bond donors (Lipinski definition) is 0. The predicted octanol–water partition coefficient (Wildman–Crippen LogP) is 5.34. The first-order valence-electron chi connectivity index (χ1n) is 5.68. The van der Waals surface area contributed by atoms with Crippen LogP contribution in [0, 0.1) is 0 Å². The van der Waals surface area contributed by atoms with Gasteiger partial charge in [0.1, 0.15) is 0 Å². The fourth-order valence-corrected chi connectivity index (χ4v) is 2.32. The van der Waals surface area contributed by atoms with E-state index in [9.17, 15) is 0 Å². The normalized spacial score (nSPS) is 14.9. The SMILES string of the molecule is C=Cc1ccccc1C(=C)C1=CC=C(Br)CC1. The average Bonchev–Trinajstić information content (AvgIpc) is 2.39. The number of allylic oxidation sites excluding steroid dienone is 5. The molecule has 0 fully saturated rings. The van der Waals surface area contributed by atoms with Crippen LogP contribution in [0.15, 0.2) is 59.6 Å². The van der Waals surface area contributed by atoms with Crippen molar-refractivity contribution < 1.29 is 0 Å². The highest BCUT2D eigenvalue weighted by Gasteiger charge is 2.11. The lowest BCUT2D eigenvalue weighted by atomic mass is 9.90. The Kier molecular flexibility index (Phi) is 3.80. The zero-order valence-corrected chi connectivity index (χ0v) is 11.3. The van der Waals surface area contributed by atoms with Crippen LogP contribution in [0.25, 0.3) is 11.6 Å². The first-order valence-corrected chi connectivity index (χ1v) is 6.48. The van der Waals surface area contributed by atoms with E-state index in [2.05, 4.69) is 53.4 Å². The Labute approximate surface area is 111 Å². The molecule has 0 spiro atoms. The standard InChI is InChI=1S/C16H15Br/c1-3-13-6-4-5-7-16(13)12(2)14-8-10-15(17)11-9-14/h3-8,10H,1-2,9,11H2. The number of benzene rings is 1. The van der Waals surface area contributed by atoms with Crippen molar-refractivity contribution in [2.24, 2.45) is 0 Å². The second kappa shape index (κ2) is 5.33. The molecule has 0 amide bonds. The van der Waals surface area contributed by atoms with Gasteiger partial charge in [-0.1, -0.05) is 71.6 Å². The Hall–Kier alpha value is -1.34. The Morgan fingerprint density at radius 1 is 1.18 bits per heavy atom. The van der Waals surface area contributed by atoms with Gasteiger partial charge < -0.3 is 0 Å². The van der Waals surface area contributed by atoms with Gasteiger partial charge in [-0.2, -0.15) is 0 Å². The van der Waals surface area contributed by atoms with Gasteiger partial charge in [0, 0.05) is 0 Å². The Bertz CT molecular complexity index is 518. The quantitative estimate of drug-likeness (QED) is 0.703. The number of hydrogen-bond acceptors (Lipinski definition) is 0. The monoisotopic (exact) mass is 286 g/mol. The van der Waals surface area contributed by atoms with Gasteiger partial charge >= 0.3 is 0 Å². The molecule has 1 aromatic rings. The summed E-state index contributed by atoms with van der Waals surface area (Å²) in [6.07, 6.45) is 8.24. The molecule has 0 aromatic heterocycles. The molecule has 0 heterocycles. The maximum absolute atomic E-state index is 4.22. The molecule has 1 aliphatic rings. The molecule has 0 aliphatic heterocycles. The molecule has 1 heteroatoms. The minimum atomic E-state index is 1.04. The first-order chi connectivity index (χ1) is 8.22. The lowest BCUT2D eigenvalue weighted by Crippen LogP contribution is -1.95. The summed E-state index contributed by atoms with van der Waals surface area (Å²) in [6.45, 7) is 8.07. The highest BCUT2D eigenvalue weighted by molar-refractivity contribution is 9.11. The predicted molar refractivity (Wildman–Crippen MR) is 79.9 cm³/mol. The van der Waals surface area contributed by atoms with Crippen molar-refractivity contribution in [2.45, 2.75) is 12.8 Å². The summed E-state index contributed by atoms with van der Waals surface area (Å²) in [7, 11) is 0. The van der Waals surface area contributed by atoms with Crippen molar-refractivity contribution in [1.29, 1.82) is 0 Å². The summed E-state index contributed by atoms with van der Waals surface area (Å²) in [5.74, 6) is 0. The largest absolute Gasteiger partial charge is 0.0984 e. The summed E-state index contributed by atoms with van der Waals surface area (Å²) in [5, 5.41) is 0. The Morgan fingerprint density at radius 2 is 1.94 bits per heavy atom. The van der Waals surface area contributed by atoms with E-state index in [4.69, 9.17) is 0 Å². The van der Waals surface area contributed by atoms with Crippen LogP contribution in [0.2, 0.25) is 0 Å². The highest BCUT2D eigenvalue weighted by Crippen LogP contribution is 2.32. The minimum Gasteiger partial charge on any atom is -0.0984 e. The molecule has 0 radical (unpaired) electrons. The van der Waals surface area contributed by atoms with Gasteiger partial charge in [0.05, 0.1) is 0 Å². The van der Waals surface area contributed by atoms with Gasteiger partial charge in [0.15, 0.2) is 0 Å². The Morgan fingerprint density at radius 3 is 2.59 bits per heavy atom. The van der Waals surface area contributed by atoms with Crippen molar-refractivity contribution in [3.63, 3.8) is 0 Å². The van der Waals surface area contributed by atoms with Crippen LogP contribution >= 0.6 is 15.9 Å². The van der Waals surface area contributed by atoms with Crippen LogP contribution in [0.4, 0.5) is 0 Å². The molecule has 0 saturated heterocycles. The van der Waals surface area contributed by atoms with Gasteiger partial charge in [-0.3, -0.25) is 0 Å². The summed E-state index contributed by atoms with van der Waals surface area (Å²) in [6, 6.07) is 8.25. The van der Waals surface area contributed by atoms with Crippen LogP contribution in [0.1, 0.15) is 24.0 Å². The van der Waals surface area contributed by atoms with Crippen LogP contribution in [-0.2, 0) is 0 Å². The van der Waals surface area contributed by atoms with E-state index in [-0.39, 0.29) is 0 Å². The van der Waals surface area contributed by atoms with Crippen molar-refractivity contribution >= 4 is 27.6 Å². The second-order valence-electron chi connectivity index (χ2n) is 4.08. The number of halogens is 1. The molecular formula is C16H15Br. The van der Waals surface area contributed by atoms with Gasteiger partial charge in [-0.05, 0) is 39.6 Å². The smallest absolute Gasteiger partial charge is 0.00460 e. The topological polar surface area (TPSA) is 0 Å². The molecule has 0 atom stereocenters. The molecular weight excluding hydrogens is 272 g/mol. The summed E-state index contributed by atoms with van der Waals surface area (Å²) < 4.78 is 1.26. The van der Waals surface area contributed by atoms with Crippen LogP contribution in [0.5, 0.6) is 0 Å². The molecule has 0 unspecified atom stereocenters. The fourth-order valence-electron chi connectivity index (χ4n) is 1.99. The highest BCUT2D eigenvalue weighted by atomic mass is 79.9. The number of rotatable bonds is 3. The van der Waals surface area contributed by atoms with Gasteiger partial charge in [0.2, 0.25) is 0 Å². The Balaban J connectivity index is 2.35. The zero-order valence-electron chi connectivity index (χ0n) is 9.75. The molecule has 0 nitrogen and oxygen atoms in total. The van der Waals surface area contributed by atoms with Crippen LogP contribution < -0.4 is 0 Å². The van der Waals surface area contributed by atoms with E-state index in [1.807, 2.05) is 18.2 Å². The van der Waals surface area contributed by atoms with E-state index < -0.39 is 0 Å². The third-order valence-electron chi connectivity index (χ3n) is 2.99. The van der Waals surface area contributed by atoms with E-state index in [1.54, 1.807) is 0 Å². The minimum absolute atomic E-state index is 1.04. The molecule has 17 heavy (non-hydrogen) atoms. The first kappa shape index (κ1) is 12.1. The van der Waals surface area contributed by atoms with Crippen LogP contribution in [-0.4, -0.2) is 0 Å². The lowest BCUT2D eigenvalue weighted by Gasteiger charge is -2.15. The van der Waals surface area contributed by atoms with Crippen molar-refractivity contribution in [2.75, 3.05) is 0 Å². The molecule has 1 aromatic carbocycles. The summed E-state index contributed by atoms with van der Waals surface area (Å²) >= 11 is 3.52. The van der Waals surface area contributed by atoms with E-state index in [0.717, 1.165) is 24.0 Å². The maximum atomic E-state index is 4.22. The molecule has 2 rings (SSSR count). The molecule has 86 valence electrons. The third-order valence-corrected chi connectivity index (χ3v) is 3.65. The average molecular weight is 287 g/mol. The summed E-state index contributed by atoms with van der Waals surface area (Å²) in [5.41, 5.74) is 4.74. The molecule has 0 bridgehead atoms. The van der Waals surface area contributed by atoms with Crippen molar-refractivity contribution in [3.05, 3.63) is 70.8 Å². The van der Waals surface area contributed by atoms with E-state index >= 15 is 0 Å².